The second kappa shape index (κ2) is 11.1. The highest BCUT2D eigenvalue weighted by Crippen LogP contribution is 2.12. The fourth-order valence-corrected chi connectivity index (χ4v) is 3.08. The van der Waals surface area contributed by atoms with Crippen molar-refractivity contribution in [1.82, 2.24) is 15.4 Å². The van der Waals surface area contributed by atoms with Crippen LogP contribution in [0.15, 0.2) is 58.4 Å². The topological polar surface area (TPSA) is 91.8 Å². The van der Waals surface area contributed by atoms with Crippen LogP contribution in [0.1, 0.15) is 11.1 Å². The summed E-state index contributed by atoms with van der Waals surface area (Å²) in [6.07, 6.45) is 0. The summed E-state index contributed by atoms with van der Waals surface area (Å²) in [4.78, 5) is 4.41. The number of nitrogens with zero attached hydrogens (tertiary/aromatic N) is 1. The van der Waals surface area contributed by atoms with Crippen LogP contribution in [0.2, 0.25) is 0 Å². The molecule has 0 heterocycles. The molecule has 0 atom stereocenters. The first-order valence-electron chi connectivity index (χ1n) is 8.08. The molecule has 0 saturated heterocycles. The number of sulfonamides is 1. The first-order valence-corrected chi connectivity index (χ1v) is 9.56. The quantitative estimate of drug-likeness (QED) is 0.305. The van der Waals surface area contributed by atoms with Crippen molar-refractivity contribution in [3.63, 3.8) is 0 Å². The number of guanidine groups is 1. The van der Waals surface area contributed by atoms with Gasteiger partial charge < -0.3 is 15.4 Å². The van der Waals surface area contributed by atoms with Crippen LogP contribution < -0.4 is 20.1 Å². The molecular weight excluding hydrogens is 479 g/mol. The lowest BCUT2D eigenvalue weighted by molar-refractivity contribution is 0.414. The summed E-state index contributed by atoms with van der Waals surface area (Å²) in [5.74, 6) is 1.44. The molecule has 0 spiro atoms. The zero-order valence-corrected chi connectivity index (χ0v) is 18.7. The molecule has 2 aromatic rings. The second-order valence-corrected chi connectivity index (χ2v) is 7.37. The average Bonchev–Trinajstić information content (AvgIpc) is 2.68. The second-order valence-electron chi connectivity index (χ2n) is 5.48. The van der Waals surface area contributed by atoms with Crippen LogP contribution in [0.3, 0.4) is 0 Å². The van der Waals surface area contributed by atoms with Crippen molar-refractivity contribution < 1.29 is 13.2 Å². The van der Waals surface area contributed by atoms with E-state index in [4.69, 9.17) is 4.74 Å². The number of nitrogens with one attached hydrogen (secondary N) is 3. The van der Waals surface area contributed by atoms with Gasteiger partial charge in [-0.15, -0.1) is 24.0 Å². The molecule has 27 heavy (non-hydrogen) atoms. The number of hydrogen-bond donors (Lipinski definition) is 3. The summed E-state index contributed by atoms with van der Waals surface area (Å²) < 4.78 is 31.2. The summed E-state index contributed by atoms with van der Waals surface area (Å²) in [5.41, 5.74) is 1.93. The maximum absolute atomic E-state index is 11.9. The van der Waals surface area contributed by atoms with E-state index >= 15 is 0 Å². The molecule has 9 heteroatoms. The smallest absolute Gasteiger partial charge is 0.240 e. The molecule has 148 valence electrons. The molecule has 0 saturated carbocycles. The van der Waals surface area contributed by atoms with E-state index in [2.05, 4.69) is 20.3 Å². The maximum Gasteiger partial charge on any atom is 0.240 e. The monoisotopic (exact) mass is 504 g/mol. The molecule has 0 aromatic heterocycles. The van der Waals surface area contributed by atoms with Crippen molar-refractivity contribution in [3.8, 4) is 5.75 Å². The Bertz CT molecular complexity index is 855. The van der Waals surface area contributed by atoms with E-state index in [1.807, 2.05) is 30.3 Å². The van der Waals surface area contributed by atoms with Crippen LogP contribution in [0.5, 0.6) is 5.75 Å². The van der Waals surface area contributed by atoms with E-state index in [0.717, 1.165) is 16.9 Å². The molecule has 0 bridgehead atoms. The number of methoxy groups -OCH3 is 1. The van der Waals surface area contributed by atoms with Crippen molar-refractivity contribution in [2.75, 3.05) is 21.2 Å². The molecule has 0 amide bonds. The normalized spacial score (nSPS) is 11.4. The van der Waals surface area contributed by atoms with E-state index in [9.17, 15) is 8.42 Å². The van der Waals surface area contributed by atoms with Gasteiger partial charge in [-0.25, -0.2) is 13.1 Å². The van der Waals surface area contributed by atoms with Gasteiger partial charge in [0, 0.05) is 20.1 Å². The minimum atomic E-state index is -3.45. The summed E-state index contributed by atoms with van der Waals surface area (Å²) in [6, 6.07) is 14.5. The van der Waals surface area contributed by atoms with E-state index in [0.29, 0.717) is 19.0 Å². The van der Waals surface area contributed by atoms with Crippen LogP contribution in [-0.2, 0) is 23.1 Å². The van der Waals surface area contributed by atoms with E-state index in [1.54, 1.807) is 32.4 Å². The van der Waals surface area contributed by atoms with E-state index in [-0.39, 0.29) is 28.9 Å². The Morgan fingerprint density at radius 3 is 2.22 bits per heavy atom. The van der Waals surface area contributed by atoms with Crippen LogP contribution in [0.25, 0.3) is 0 Å². The van der Waals surface area contributed by atoms with Gasteiger partial charge >= 0.3 is 0 Å². The summed E-state index contributed by atoms with van der Waals surface area (Å²) in [6.45, 7) is 1.06. The lowest BCUT2D eigenvalue weighted by atomic mass is 10.2. The molecule has 7 nitrogen and oxygen atoms in total. The summed E-state index contributed by atoms with van der Waals surface area (Å²) in [7, 11) is 1.26. The summed E-state index contributed by atoms with van der Waals surface area (Å²) >= 11 is 0. The molecule has 0 aliphatic heterocycles. The van der Waals surface area contributed by atoms with E-state index in [1.165, 1.54) is 7.05 Å². The number of hydrogen-bond acceptors (Lipinski definition) is 4. The van der Waals surface area contributed by atoms with Gasteiger partial charge in [0.05, 0.1) is 12.0 Å². The number of rotatable bonds is 7. The van der Waals surface area contributed by atoms with Gasteiger partial charge in [-0.05, 0) is 42.4 Å². The minimum Gasteiger partial charge on any atom is -0.497 e. The third kappa shape index (κ3) is 7.00. The maximum atomic E-state index is 11.9. The Labute approximate surface area is 177 Å². The Balaban J connectivity index is 0.00000364. The Kier molecular flexibility index (Phi) is 9.53. The lowest BCUT2D eigenvalue weighted by Crippen LogP contribution is -2.36. The first kappa shape index (κ1) is 23.2. The third-order valence-corrected chi connectivity index (χ3v) is 5.19. The Morgan fingerprint density at radius 1 is 1.04 bits per heavy atom. The standard InChI is InChI=1S/C18H24N4O3S.HI/c1-19-18(21-12-14-7-9-16(25-3)10-8-14)22-13-15-5-4-6-17(11-15)26(23,24)20-2;/h4-11,20H,12-13H2,1-3H3,(H2,19,21,22);1H. The fraction of sp³-hybridized carbons (Fsp3) is 0.278. The molecule has 0 aliphatic carbocycles. The van der Waals surface area contributed by atoms with Gasteiger partial charge in [0.15, 0.2) is 5.96 Å². The van der Waals surface area contributed by atoms with Gasteiger partial charge in [0.1, 0.15) is 5.75 Å². The molecule has 3 N–H and O–H groups in total. The largest absolute Gasteiger partial charge is 0.497 e. The van der Waals surface area contributed by atoms with Crippen LogP contribution in [0, 0.1) is 0 Å². The average molecular weight is 504 g/mol. The van der Waals surface area contributed by atoms with Gasteiger partial charge in [-0.2, -0.15) is 0 Å². The molecule has 0 fully saturated rings. The molecular formula is C18H25IN4O3S. The molecule has 2 rings (SSSR count). The molecule has 0 aliphatic rings. The van der Waals surface area contributed by atoms with Crippen molar-refractivity contribution in [1.29, 1.82) is 0 Å². The molecule has 2 aromatic carbocycles. The van der Waals surface area contributed by atoms with Gasteiger partial charge in [-0.3, -0.25) is 4.99 Å². The number of benzene rings is 2. The van der Waals surface area contributed by atoms with Crippen molar-refractivity contribution in [2.24, 2.45) is 4.99 Å². The van der Waals surface area contributed by atoms with Crippen LogP contribution in [-0.4, -0.2) is 35.6 Å². The zero-order chi connectivity index (χ0) is 19.0. The van der Waals surface area contributed by atoms with Gasteiger partial charge in [0.25, 0.3) is 0 Å². The number of halogens is 1. The van der Waals surface area contributed by atoms with Crippen molar-refractivity contribution >= 4 is 40.0 Å². The molecule has 0 radical (unpaired) electrons. The van der Waals surface area contributed by atoms with Crippen molar-refractivity contribution in [3.05, 3.63) is 59.7 Å². The summed E-state index contributed by atoms with van der Waals surface area (Å²) in [5, 5.41) is 6.39. The highest BCUT2D eigenvalue weighted by atomic mass is 127. The van der Waals surface area contributed by atoms with Gasteiger partial charge in [-0.1, -0.05) is 24.3 Å². The Morgan fingerprint density at radius 2 is 1.67 bits per heavy atom. The zero-order valence-electron chi connectivity index (χ0n) is 15.5. The lowest BCUT2D eigenvalue weighted by Gasteiger charge is -2.13. The number of ether oxygens (including phenoxy) is 1. The van der Waals surface area contributed by atoms with Crippen LogP contribution >= 0.6 is 24.0 Å². The van der Waals surface area contributed by atoms with Crippen molar-refractivity contribution in [2.45, 2.75) is 18.0 Å². The first-order chi connectivity index (χ1) is 12.5. The van der Waals surface area contributed by atoms with E-state index < -0.39 is 10.0 Å². The third-order valence-electron chi connectivity index (χ3n) is 3.78. The highest BCUT2D eigenvalue weighted by molar-refractivity contribution is 14.0. The predicted molar refractivity (Wildman–Crippen MR) is 118 cm³/mol. The number of aliphatic imine (C=N–C) groups is 1. The SMILES string of the molecule is CN=C(NCc1ccc(OC)cc1)NCc1cccc(S(=O)(=O)NC)c1.I. The Hall–Kier alpha value is -1.85. The fourth-order valence-electron chi connectivity index (χ4n) is 2.28. The minimum absolute atomic E-state index is 0. The predicted octanol–water partition coefficient (Wildman–Crippen LogP) is 2.09. The van der Waals surface area contributed by atoms with Crippen LogP contribution in [0.4, 0.5) is 0 Å². The highest BCUT2D eigenvalue weighted by Gasteiger charge is 2.11. The van der Waals surface area contributed by atoms with Gasteiger partial charge in [0.2, 0.25) is 10.0 Å². The molecule has 0 unspecified atom stereocenters.